The first kappa shape index (κ1) is 15.5. The molecule has 114 valence electrons. The molecule has 2 saturated heterocycles. The minimum Gasteiger partial charge on any atom is -0.480 e. The highest BCUT2D eigenvalue weighted by Crippen LogP contribution is 2.27. The Balaban J connectivity index is 2.05. The van der Waals surface area contributed by atoms with Crippen LogP contribution in [0.4, 0.5) is 4.79 Å². The average Bonchev–Trinajstić information content (AvgIpc) is 2.45. The molecule has 1 N–H and O–H groups in total. The minimum absolute atomic E-state index is 0.0842. The Hall–Kier alpha value is -0.910. The number of carbonyl (C=O) groups excluding carboxylic acids is 1. The molecule has 2 amide bonds. The number of nitrogens with zero attached hydrogens (tertiary/aromatic N) is 2. The number of piperidine rings is 1. The summed E-state index contributed by atoms with van der Waals surface area (Å²) in [6, 6.07) is -0.731. The number of aliphatic carboxylic acids is 1. The van der Waals surface area contributed by atoms with Gasteiger partial charge in [0.2, 0.25) is 0 Å². The summed E-state index contributed by atoms with van der Waals surface area (Å²) < 4.78 is 0. The number of carboxylic acid groups (broad SMARTS) is 1. The zero-order valence-electron chi connectivity index (χ0n) is 12.2. The van der Waals surface area contributed by atoms with Gasteiger partial charge in [-0.25, -0.2) is 9.59 Å². The van der Waals surface area contributed by atoms with E-state index in [1.165, 1.54) is 0 Å². The molecule has 2 heterocycles. The summed E-state index contributed by atoms with van der Waals surface area (Å²) in [5, 5.41) is 9.84. The Morgan fingerprint density at radius 3 is 2.70 bits per heavy atom. The molecule has 2 aliphatic heterocycles. The number of thioether (sulfide) groups is 1. The average molecular weight is 300 g/mol. The molecule has 0 aliphatic carbocycles. The molecule has 5 nitrogen and oxygen atoms in total. The molecular formula is C14H24N2O3S. The standard InChI is InChI=1S/C14H24N2O3S/c1-3-11-4-5-16(12(8-11)13(17)18)14(19)15-6-7-20-10(2)9-15/h10-12H,3-9H2,1-2H3,(H,17,18). The van der Waals surface area contributed by atoms with Crippen LogP contribution in [0.1, 0.15) is 33.1 Å². The number of urea groups is 1. The lowest BCUT2D eigenvalue weighted by Gasteiger charge is -2.41. The largest absolute Gasteiger partial charge is 0.480 e. The van der Waals surface area contributed by atoms with Crippen molar-refractivity contribution >= 4 is 23.8 Å². The number of likely N-dealkylation sites (tertiary alicyclic amines) is 1. The van der Waals surface area contributed by atoms with Gasteiger partial charge in [0.25, 0.3) is 0 Å². The molecule has 6 heteroatoms. The van der Waals surface area contributed by atoms with Gasteiger partial charge in [0.15, 0.2) is 0 Å². The maximum atomic E-state index is 12.6. The van der Waals surface area contributed by atoms with Crippen LogP contribution < -0.4 is 0 Å². The Morgan fingerprint density at radius 1 is 1.35 bits per heavy atom. The van der Waals surface area contributed by atoms with Crippen molar-refractivity contribution in [2.24, 2.45) is 5.92 Å². The number of carbonyl (C=O) groups is 2. The van der Waals surface area contributed by atoms with Crippen LogP contribution in [0.3, 0.4) is 0 Å². The van der Waals surface area contributed by atoms with E-state index in [9.17, 15) is 14.7 Å². The Bertz CT molecular complexity index is 377. The van der Waals surface area contributed by atoms with E-state index < -0.39 is 12.0 Å². The number of amides is 2. The van der Waals surface area contributed by atoms with E-state index >= 15 is 0 Å². The van der Waals surface area contributed by atoms with Crippen molar-refractivity contribution in [2.45, 2.75) is 44.4 Å². The second-order valence-electron chi connectivity index (χ2n) is 5.76. The molecule has 0 spiro atoms. The van der Waals surface area contributed by atoms with Crippen LogP contribution in [0.2, 0.25) is 0 Å². The van der Waals surface area contributed by atoms with Gasteiger partial charge in [0.1, 0.15) is 6.04 Å². The number of rotatable bonds is 2. The highest BCUT2D eigenvalue weighted by molar-refractivity contribution is 7.99. The van der Waals surface area contributed by atoms with Crippen molar-refractivity contribution < 1.29 is 14.7 Å². The number of hydrogen-bond acceptors (Lipinski definition) is 3. The molecule has 2 aliphatic rings. The maximum absolute atomic E-state index is 12.6. The SMILES string of the molecule is CCC1CCN(C(=O)N2CCSC(C)C2)C(C(=O)O)C1. The van der Waals surface area contributed by atoms with Crippen molar-refractivity contribution in [3.8, 4) is 0 Å². The normalized spacial score (nSPS) is 31.2. The van der Waals surface area contributed by atoms with Gasteiger partial charge in [0.05, 0.1) is 0 Å². The van der Waals surface area contributed by atoms with E-state index in [4.69, 9.17) is 0 Å². The second-order valence-corrected chi connectivity index (χ2v) is 7.30. The molecule has 3 atom stereocenters. The zero-order chi connectivity index (χ0) is 14.7. The summed E-state index contributed by atoms with van der Waals surface area (Å²) in [7, 11) is 0. The summed E-state index contributed by atoms with van der Waals surface area (Å²) >= 11 is 1.87. The van der Waals surface area contributed by atoms with E-state index in [0.29, 0.717) is 24.1 Å². The van der Waals surface area contributed by atoms with Crippen LogP contribution in [-0.4, -0.2) is 63.6 Å². The lowest BCUT2D eigenvalue weighted by molar-refractivity contribution is -0.144. The van der Waals surface area contributed by atoms with Gasteiger partial charge < -0.3 is 14.9 Å². The van der Waals surface area contributed by atoms with E-state index in [1.54, 1.807) is 4.90 Å². The van der Waals surface area contributed by atoms with E-state index in [1.807, 2.05) is 16.7 Å². The first-order chi connectivity index (χ1) is 9.52. The number of hydrogen-bond donors (Lipinski definition) is 1. The molecule has 0 aromatic carbocycles. The fourth-order valence-corrected chi connectivity index (χ4v) is 4.06. The second kappa shape index (κ2) is 6.70. The molecule has 0 aromatic rings. The van der Waals surface area contributed by atoms with Crippen molar-refractivity contribution in [1.29, 1.82) is 0 Å². The van der Waals surface area contributed by atoms with Crippen LogP contribution >= 0.6 is 11.8 Å². The highest BCUT2D eigenvalue weighted by Gasteiger charge is 2.38. The molecule has 3 unspecified atom stereocenters. The van der Waals surface area contributed by atoms with Crippen LogP contribution in [0.15, 0.2) is 0 Å². The molecule has 0 aromatic heterocycles. The number of carboxylic acids is 1. The van der Waals surface area contributed by atoms with E-state index in [0.717, 1.165) is 31.7 Å². The van der Waals surface area contributed by atoms with Gasteiger partial charge in [-0.1, -0.05) is 20.3 Å². The Labute approximate surface area is 124 Å². The minimum atomic E-state index is -0.865. The smallest absolute Gasteiger partial charge is 0.326 e. The third-order valence-corrected chi connectivity index (χ3v) is 5.47. The summed E-state index contributed by atoms with van der Waals surface area (Å²) in [6.07, 6.45) is 2.50. The van der Waals surface area contributed by atoms with Gasteiger partial charge in [-0.05, 0) is 18.8 Å². The van der Waals surface area contributed by atoms with E-state index in [-0.39, 0.29) is 6.03 Å². The van der Waals surface area contributed by atoms with Gasteiger partial charge >= 0.3 is 12.0 Å². The molecule has 0 saturated carbocycles. The predicted octanol–water partition coefficient (Wildman–Crippen LogP) is 2.12. The lowest BCUT2D eigenvalue weighted by atomic mass is 9.89. The van der Waals surface area contributed by atoms with Gasteiger partial charge in [-0.2, -0.15) is 11.8 Å². The van der Waals surface area contributed by atoms with Crippen LogP contribution in [-0.2, 0) is 4.79 Å². The van der Waals surface area contributed by atoms with Crippen molar-refractivity contribution in [1.82, 2.24) is 9.80 Å². The molecule has 20 heavy (non-hydrogen) atoms. The molecular weight excluding hydrogens is 276 g/mol. The molecule has 0 bridgehead atoms. The molecule has 2 rings (SSSR count). The molecule has 2 fully saturated rings. The van der Waals surface area contributed by atoms with Crippen LogP contribution in [0.5, 0.6) is 0 Å². The van der Waals surface area contributed by atoms with Gasteiger partial charge in [-0.15, -0.1) is 0 Å². The van der Waals surface area contributed by atoms with Crippen LogP contribution in [0.25, 0.3) is 0 Å². The van der Waals surface area contributed by atoms with Gasteiger partial charge in [-0.3, -0.25) is 0 Å². The molecule has 0 radical (unpaired) electrons. The summed E-state index contributed by atoms with van der Waals surface area (Å²) in [5.74, 6) is 0.503. The first-order valence-corrected chi connectivity index (χ1v) is 8.47. The topological polar surface area (TPSA) is 60.9 Å². The van der Waals surface area contributed by atoms with E-state index in [2.05, 4.69) is 13.8 Å². The lowest BCUT2D eigenvalue weighted by Crippen LogP contribution is -2.56. The highest BCUT2D eigenvalue weighted by atomic mass is 32.2. The Kier molecular flexibility index (Phi) is 5.18. The van der Waals surface area contributed by atoms with Crippen molar-refractivity contribution in [2.75, 3.05) is 25.4 Å². The monoisotopic (exact) mass is 300 g/mol. The van der Waals surface area contributed by atoms with Crippen molar-refractivity contribution in [3.63, 3.8) is 0 Å². The Morgan fingerprint density at radius 2 is 2.10 bits per heavy atom. The van der Waals surface area contributed by atoms with Crippen LogP contribution in [0, 0.1) is 5.92 Å². The summed E-state index contributed by atoms with van der Waals surface area (Å²) in [4.78, 5) is 27.5. The fourth-order valence-electron chi connectivity index (χ4n) is 3.05. The maximum Gasteiger partial charge on any atom is 0.326 e. The van der Waals surface area contributed by atoms with Gasteiger partial charge in [0, 0.05) is 30.6 Å². The fraction of sp³-hybridized carbons (Fsp3) is 0.857. The summed E-state index contributed by atoms with van der Waals surface area (Å²) in [5.41, 5.74) is 0. The summed E-state index contributed by atoms with van der Waals surface area (Å²) in [6.45, 7) is 6.23. The third kappa shape index (κ3) is 3.40. The quantitative estimate of drug-likeness (QED) is 0.848. The predicted molar refractivity (Wildman–Crippen MR) is 80.0 cm³/mol. The van der Waals surface area contributed by atoms with Crippen molar-refractivity contribution in [3.05, 3.63) is 0 Å². The zero-order valence-corrected chi connectivity index (χ0v) is 13.1. The first-order valence-electron chi connectivity index (χ1n) is 7.42. The third-order valence-electron chi connectivity index (χ3n) is 4.33.